The van der Waals surface area contributed by atoms with E-state index in [2.05, 4.69) is 27.4 Å². The van der Waals surface area contributed by atoms with E-state index in [9.17, 15) is 4.79 Å². The first kappa shape index (κ1) is 18.2. The van der Waals surface area contributed by atoms with E-state index in [0.717, 1.165) is 30.0 Å². The molecule has 2 aromatic rings. The summed E-state index contributed by atoms with van der Waals surface area (Å²) in [5.41, 5.74) is 9.54. The van der Waals surface area contributed by atoms with Crippen LogP contribution >= 0.6 is 0 Å². The summed E-state index contributed by atoms with van der Waals surface area (Å²) in [4.78, 5) is 14.5. The van der Waals surface area contributed by atoms with Crippen LogP contribution in [0.15, 0.2) is 30.3 Å². The van der Waals surface area contributed by atoms with Gasteiger partial charge in [0.2, 0.25) is 5.91 Å². The fraction of sp³-hybridized carbons (Fsp3) is 0.444. The molecule has 1 amide bonds. The number of carbonyl (C=O) groups is 1. The molecule has 0 bridgehead atoms. The van der Waals surface area contributed by atoms with Crippen molar-refractivity contribution in [3.63, 3.8) is 0 Å². The Balaban J connectivity index is 1.92. The maximum Gasteiger partial charge on any atom is 0.238 e. The molecular weight excluding hydrogens is 302 g/mol. The fourth-order valence-corrected chi connectivity index (χ4v) is 2.72. The number of carbonyl (C=O) groups excluding carboxylic acids is 1. The van der Waals surface area contributed by atoms with Gasteiger partial charge < -0.3 is 11.1 Å². The molecule has 1 aromatic carbocycles. The Morgan fingerprint density at radius 1 is 1.25 bits per heavy atom. The maximum absolute atomic E-state index is 12.4. The highest BCUT2D eigenvalue weighted by Gasteiger charge is 2.15. The van der Waals surface area contributed by atoms with Crippen LogP contribution in [0, 0.1) is 13.8 Å². The molecule has 0 spiro atoms. The molecule has 1 aromatic heterocycles. The molecule has 0 atom stereocenters. The van der Waals surface area contributed by atoms with Crippen LogP contribution in [0.3, 0.4) is 0 Å². The number of hydrogen-bond acceptors (Lipinski definition) is 4. The van der Waals surface area contributed by atoms with Gasteiger partial charge in [-0.3, -0.25) is 14.4 Å². The molecule has 2 rings (SSSR count). The van der Waals surface area contributed by atoms with Gasteiger partial charge in [-0.1, -0.05) is 30.3 Å². The number of aryl methyl sites for hydroxylation is 2. The number of benzene rings is 1. The molecule has 0 radical (unpaired) electrons. The predicted molar refractivity (Wildman–Crippen MR) is 97.0 cm³/mol. The fourth-order valence-electron chi connectivity index (χ4n) is 2.72. The van der Waals surface area contributed by atoms with Gasteiger partial charge in [-0.05, 0) is 25.8 Å². The number of rotatable bonds is 8. The number of nitrogens with one attached hydrogen (secondary N) is 1. The Morgan fingerprint density at radius 3 is 2.54 bits per heavy atom. The van der Waals surface area contributed by atoms with Crippen LogP contribution in [-0.2, 0) is 18.3 Å². The lowest BCUT2D eigenvalue weighted by Gasteiger charge is -2.21. The van der Waals surface area contributed by atoms with E-state index in [-0.39, 0.29) is 5.91 Å². The van der Waals surface area contributed by atoms with E-state index < -0.39 is 0 Å². The molecule has 24 heavy (non-hydrogen) atoms. The van der Waals surface area contributed by atoms with Gasteiger partial charge in [-0.2, -0.15) is 5.10 Å². The third-order valence-electron chi connectivity index (χ3n) is 4.15. The number of amides is 1. The van der Waals surface area contributed by atoms with Crippen molar-refractivity contribution in [2.24, 2.45) is 12.8 Å². The molecule has 0 saturated heterocycles. The van der Waals surface area contributed by atoms with Crippen molar-refractivity contribution in [2.75, 3.05) is 31.5 Å². The van der Waals surface area contributed by atoms with Crippen molar-refractivity contribution >= 4 is 11.6 Å². The number of anilines is 1. The second-order valence-corrected chi connectivity index (χ2v) is 6.02. The zero-order valence-corrected chi connectivity index (χ0v) is 14.7. The highest BCUT2D eigenvalue weighted by Crippen LogP contribution is 2.18. The summed E-state index contributed by atoms with van der Waals surface area (Å²) in [5.74, 6) is -0.0317. The van der Waals surface area contributed by atoms with Crippen molar-refractivity contribution in [1.29, 1.82) is 0 Å². The van der Waals surface area contributed by atoms with Crippen LogP contribution in [0.1, 0.15) is 17.0 Å². The molecule has 6 nitrogen and oxygen atoms in total. The summed E-state index contributed by atoms with van der Waals surface area (Å²) in [7, 11) is 1.87. The summed E-state index contributed by atoms with van der Waals surface area (Å²) in [6.45, 7) is 6.22. The summed E-state index contributed by atoms with van der Waals surface area (Å²) in [5, 5.41) is 7.31. The lowest BCUT2D eigenvalue weighted by atomic mass is 10.1. The Hall–Kier alpha value is -2.18. The Labute approximate surface area is 143 Å². The van der Waals surface area contributed by atoms with E-state index >= 15 is 0 Å². The van der Waals surface area contributed by atoms with Crippen LogP contribution < -0.4 is 11.1 Å². The molecule has 1 heterocycles. The third-order valence-corrected chi connectivity index (χ3v) is 4.15. The lowest BCUT2D eigenvalue weighted by molar-refractivity contribution is -0.117. The van der Waals surface area contributed by atoms with Crippen molar-refractivity contribution in [3.05, 3.63) is 47.3 Å². The number of nitrogens with zero attached hydrogens (tertiary/aromatic N) is 3. The molecule has 0 aliphatic heterocycles. The van der Waals surface area contributed by atoms with Gasteiger partial charge in [-0.15, -0.1) is 0 Å². The molecule has 130 valence electrons. The minimum atomic E-state index is -0.0317. The summed E-state index contributed by atoms with van der Waals surface area (Å²) >= 11 is 0. The van der Waals surface area contributed by atoms with Crippen LogP contribution in [0.2, 0.25) is 0 Å². The van der Waals surface area contributed by atoms with Gasteiger partial charge in [0, 0.05) is 26.7 Å². The molecule has 0 unspecified atom stereocenters. The number of hydrogen-bond donors (Lipinski definition) is 2. The van der Waals surface area contributed by atoms with Crippen LogP contribution in [0.5, 0.6) is 0 Å². The SMILES string of the molecule is Cc1nn(C)c(C)c1NC(=O)CN(CCN)CCc1ccccc1. The van der Waals surface area contributed by atoms with Crippen LogP contribution in [0.25, 0.3) is 0 Å². The normalized spacial score (nSPS) is 11.0. The summed E-state index contributed by atoms with van der Waals surface area (Å²) in [6, 6.07) is 10.3. The van der Waals surface area contributed by atoms with Crippen molar-refractivity contribution < 1.29 is 4.79 Å². The first-order valence-corrected chi connectivity index (χ1v) is 8.27. The molecule has 3 N–H and O–H groups in total. The van der Waals surface area contributed by atoms with E-state index in [0.29, 0.717) is 19.6 Å². The highest BCUT2D eigenvalue weighted by molar-refractivity contribution is 5.93. The van der Waals surface area contributed by atoms with E-state index in [1.54, 1.807) is 4.68 Å². The summed E-state index contributed by atoms with van der Waals surface area (Å²) in [6.07, 6.45) is 0.902. The lowest BCUT2D eigenvalue weighted by Crippen LogP contribution is -2.38. The topological polar surface area (TPSA) is 76.2 Å². The standard InChI is InChI=1S/C18H27N5O/c1-14-18(15(2)22(3)21-14)20-17(24)13-23(12-10-19)11-9-16-7-5-4-6-8-16/h4-8H,9-13,19H2,1-3H3,(H,20,24). The molecule has 0 saturated carbocycles. The van der Waals surface area contributed by atoms with Crippen LogP contribution in [-0.4, -0.2) is 46.8 Å². The smallest absolute Gasteiger partial charge is 0.238 e. The first-order valence-electron chi connectivity index (χ1n) is 8.27. The van der Waals surface area contributed by atoms with Crippen molar-refractivity contribution in [1.82, 2.24) is 14.7 Å². The number of nitrogens with two attached hydrogens (primary N) is 1. The third kappa shape index (κ3) is 4.91. The molecule has 0 aliphatic carbocycles. The second kappa shape index (κ2) is 8.61. The average Bonchev–Trinajstić information content (AvgIpc) is 2.80. The van der Waals surface area contributed by atoms with E-state index in [4.69, 9.17) is 5.73 Å². The van der Waals surface area contributed by atoms with Gasteiger partial charge in [0.15, 0.2) is 0 Å². The molecule has 0 fully saturated rings. The van der Waals surface area contributed by atoms with Crippen molar-refractivity contribution in [3.8, 4) is 0 Å². The zero-order valence-electron chi connectivity index (χ0n) is 14.7. The maximum atomic E-state index is 12.4. The first-order chi connectivity index (χ1) is 11.5. The average molecular weight is 329 g/mol. The van der Waals surface area contributed by atoms with Gasteiger partial charge in [0.05, 0.1) is 23.6 Å². The monoisotopic (exact) mass is 329 g/mol. The summed E-state index contributed by atoms with van der Waals surface area (Å²) < 4.78 is 1.78. The minimum absolute atomic E-state index is 0.0317. The molecular formula is C18H27N5O. The van der Waals surface area contributed by atoms with Gasteiger partial charge in [0.25, 0.3) is 0 Å². The quantitative estimate of drug-likeness (QED) is 0.769. The minimum Gasteiger partial charge on any atom is -0.329 e. The Bertz CT molecular complexity index is 666. The van der Waals surface area contributed by atoms with Gasteiger partial charge in [0.1, 0.15) is 0 Å². The number of aromatic nitrogens is 2. The van der Waals surface area contributed by atoms with E-state index in [1.165, 1.54) is 5.56 Å². The molecule has 0 aliphatic rings. The highest BCUT2D eigenvalue weighted by atomic mass is 16.2. The van der Waals surface area contributed by atoms with Gasteiger partial charge in [-0.25, -0.2) is 0 Å². The zero-order chi connectivity index (χ0) is 17.5. The van der Waals surface area contributed by atoms with Gasteiger partial charge >= 0.3 is 0 Å². The Morgan fingerprint density at radius 2 is 1.96 bits per heavy atom. The largest absolute Gasteiger partial charge is 0.329 e. The second-order valence-electron chi connectivity index (χ2n) is 6.02. The van der Waals surface area contributed by atoms with E-state index in [1.807, 2.05) is 39.1 Å². The van der Waals surface area contributed by atoms with Crippen LogP contribution in [0.4, 0.5) is 5.69 Å². The predicted octanol–water partition coefficient (Wildman–Crippen LogP) is 1.48. The Kier molecular flexibility index (Phi) is 6.52. The molecule has 6 heteroatoms. The van der Waals surface area contributed by atoms with Crippen molar-refractivity contribution in [2.45, 2.75) is 20.3 Å².